The van der Waals surface area contributed by atoms with Crippen molar-refractivity contribution in [2.75, 3.05) is 0 Å². The topological polar surface area (TPSA) is 66.8 Å². The van der Waals surface area contributed by atoms with Crippen molar-refractivity contribution >= 4 is 5.97 Å². The maximum absolute atomic E-state index is 12.8. The fraction of sp³-hybridized carbons (Fsp3) is 0.300. The molecule has 0 bridgehead atoms. The molecule has 2 N–H and O–H groups in total. The number of rotatable bonds is 1. The van der Waals surface area contributed by atoms with Crippen LogP contribution in [0.1, 0.15) is 18.1 Å². The Kier molecular flexibility index (Phi) is 2.32. The molecule has 0 fully saturated rings. The maximum atomic E-state index is 12.8. The minimum Gasteiger partial charge on any atom is -0.479 e. The summed E-state index contributed by atoms with van der Waals surface area (Å²) in [6.07, 6.45) is -2.13. The lowest BCUT2D eigenvalue weighted by molar-refractivity contribution is -0.147. The average Bonchev–Trinajstić information content (AvgIpc) is 2.18. The molecule has 1 aromatic rings. The second kappa shape index (κ2) is 3.51. The van der Waals surface area contributed by atoms with Crippen LogP contribution in [-0.4, -0.2) is 22.3 Å². The molecule has 0 aliphatic carbocycles. The lowest BCUT2D eigenvalue weighted by Crippen LogP contribution is -2.32. The Morgan fingerprint density at radius 1 is 1.53 bits per heavy atom. The molecule has 80 valence electrons. The summed E-state index contributed by atoms with van der Waals surface area (Å²) in [7, 11) is 0. The number of ether oxygens (including phenoxy) is 1. The summed E-state index contributed by atoms with van der Waals surface area (Å²) in [6, 6.07) is 3.64. The first kappa shape index (κ1) is 9.92. The van der Waals surface area contributed by atoms with Gasteiger partial charge in [0.1, 0.15) is 11.6 Å². The highest BCUT2D eigenvalue weighted by molar-refractivity contribution is 5.73. The highest BCUT2D eigenvalue weighted by atomic mass is 19.1. The van der Waals surface area contributed by atoms with Gasteiger partial charge < -0.3 is 14.9 Å². The molecule has 0 saturated heterocycles. The van der Waals surface area contributed by atoms with E-state index < -0.39 is 24.0 Å². The largest absolute Gasteiger partial charge is 0.479 e. The minimum absolute atomic E-state index is 0.0637. The molecule has 0 unspecified atom stereocenters. The molecule has 0 saturated carbocycles. The number of carboxylic acid groups (broad SMARTS) is 1. The monoisotopic (exact) mass is 212 g/mol. The van der Waals surface area contributed by atoms with Gasteiger partial charge in [0.15, 0.2) is 6.10 Å². The Hall–Kier alpha value is -1.62. The van der Waals surface area contributed by atoms with Crippen LogP contribution >= 0.6 is 0 Å². The molecule has 0 amide bonds. The van der Waals surface area contributed by atoms with Gasteiger partial charge in [-0.05, 0) is 18.2 Å². The van der Waals surface area contributed by atoms with E-state index in [1.165, 1.54) is 6.07 Å². The van der Waals surface area contributed by atoms with Crippen LogP contribution in [0.5, 0.6) is 5.75 Å². The molecule has 15 heavy (non-hydrogen) atoms. The Labute approximate surface area is 84.9 Å². The zero-order valence-electron chi connectivity index (χ0n) is 7.68. The van der Waals surface area contributed by atoms with Gasteiger partial charge >= 0.3 is 5.97 Å². The van der Waals surface area contributed by atoms with Crippen LogP contribution in [0.25, 0.3) is 0 Å². The Morgan fingerprint density at radius 3 is 2.93 bits per heavy atom. The quantitative estimate of drug-likeness (QED) is 0.731. The molecule has 1 heterocycles. The SMILES string of the molecule is O=C(O)[C@H]1C[C@@H](O)c2cc(F)ccc2O1. The van der Waals surface area contributed by atoms with Gasteiger partial charge in [0.2, 0.25) is 0 Å². The Bertz CT molecular complexity index is 404. The van der Waals surface area contributed by atoms with Gasteiger partial charge in [0.05, 0.1) is 6.10 Å². The summed E-state index contributed by atoms with van der Waals surface area (Å²) in [5, 5.41) is 18.3. The van der Waals surface area contributed by atoms with Crippen molar-refractivity contribution in [3.63, 3.8) is 0 Å². The smallest absolute Gasteiger partial charge is 0.345 e. The second-order valence-electron chi connectivity index (χ2n) is 3.38. The number of hydrogen-bond acceptors (Lipinski definition) is 3. The van der Waals surface area contributed by atoms with Gasteiger partial charge in [-0.2, -0.15) is 0 Å². The molecule has 1 aliphatic heterocycles. The van der Waals surface area contributed by atoms with Crippen molar-refractivity contribution < 1.29 is 24.1 Å². The fourth-order valence-electron chi connectivity index (χ4n) is 1.57. The number of halogens is 1. The third kappa shape index (κ3) is 1.78. The molecule has 2 rings (SSSR count). The van der Waals surface area contributed by atoms with Gasteiger partial charge in [-0.3, -0.25) is 0 Å². The van der Waals surface area contributed by atoms with E-state index in [-0.39, 0.29) is 12.2 Å². The molecule has 1 aliphatic rings. The maximum Gasteiger partial charge on any atom is 0.345 e. The lowest BCUT2D eigenvalue weighted by Gasteiger charge is -2.26. The van der Waals surface area contributed by atoms with Crippen LogP contribution in [-0.2, 0) is 4.79 Å². The van der Waals surface area contributed by atoms with Crippen molar-refractivity contribution in [2.24, 2.45) is 0 Å². The molecule has 2 atom stereocenters. The lowest BCUT2D eigenvalue weighted by atomic mass is 9.99. The molecular weight excluding hydrogens is 203 g/mol. The van der Waals surface area contributed by atoms with E-state index in [0.29, 0.717) is 5.56 Å². The molecule has 0 radical (unpaired) electrons. The number of fused-ring (bicyclic) bond motifs is 1. The normalized spacial score (nSPS) is 24.1. The van der Waals surface area contributed by atoms with Crippen LogP contribution in [0.3, 0.4) is 0 Å². The third-order valence-electron chi connectivity index (χ3n) is 2.31. The molecule has 0 spiro atoms. The molecular formula is C10H9FO4. The van der Waals surface area contributed by atoms with Crippen LogP contribution in [0.15, 0.2) is 18.2 Å². The number of hydrogen-bond donors (Lipinski definition) is 2. The summed E-state index contributed by atoms with van der Waals surface area (Å²) >= 11 is 0. The van der Waals surface area contributed by atoms with Crippen molar-refractivity contribution in [3.05, 3.63) is 29.6 Å². The first-order valence-electron chi connectivity index (χ1n) is 4.45. The van der Waals surface area contributed by atoms with Crippen LogP contribution in [0, 0.1) is 5.82 Å². The summed E-state index contributed by atoms with van der Waals surface area (Å²) in [6.45, 7) is 0. The predicted octanol–water partition coefficient (Wildman–Crippen LogP) is 1.09. The predicted molar refractivity (Wildman–Crippen MR) is 48.0 cm³/mol. The van der Waals surface area contributed by atoms with E-state index in [9.17, 15) is 14.3 Å². The summed E-state index contributed by atoms with van der Waals surface area (Å²) < 4.78 is 17.9. The second-order valence-corrected chi connectivity index (χ2v) is 3.38. The third-order valence-corrected chi connectivity index (χ3v) is 2.31. The molecule has 5 heteroatoms. The van der Waals surface area contributed by atoms with E-state index in [0.717, 1.165) is 12.1 Å². The number of aliphatic hydroxyl groups is 1. The van der Waals surface area contributed by atoms with Crippen molar-refractivity contribution in [1.29, 1.82) is 0 Å². The number of carbonyl (C=O) groups is 1. The average molecular weight is 212 g/mol. The van der Waals surface area contributed by atoms with Crippen LogP contribution in [0.2, 0.25) is 0 Å². The zero-order chi connectivity index (χ0) is 11.0. The van der Waals surface area contributed by atoms with Gasteiger partial charge in [0, 0.05) is 12.0 Å². The summed E-state index contributed by atoms with van der Waals surface area (Å²) in [5.41, 5.74) is 0.299. The Morgan fingerprint density at radius 2 is 2.27 bits per heavy atom. The molecule has 1 aromatic carbocycles. The van der Waals surface area contributed by atoms with Crippen molar-refractivity contribution in [2.45, 2.75) is 18.6 Å². The van der Waals surface area contributed by atoms with E-state index in [1.54, 1.807) is 0 Å². The minimum atomic E-state index is -1.14. The van der Waals surface area contributed by atoms with E-state index in [2.05, 4.69) is 0 Å². The highest BCUT2D eigenvalue weighted by Gasteiger charge is 2.31. The molecule has 4 nitrogen and oxygen atoms in total. The fourth-order valence-corrected chi connectivity index (χ4v) is 1.57. The van der Waals surface area contributed by atoms with Crippen molar-refractivity contribution in [3.8, 4) is 5.75 Å². The van der Waals surface area contributed by atoms with Crippen LogP contribution in [0.4, 0.5) is 4.39 Å². The summed E-state index contributed by atoms with van der Waals surface area (Å²) in [4.78, 5) is 10.7. The highest BCUT2D eigenvalue weighted by Crippen LogP contribution is 2.34. The number of aliphatic carboxylic acids is 1. The number of aliphatic hydroxyl groups excluding tert-OH is 1. The van der Waals surface area contributed by atoms with Gasteiger partial charge in [0.25, 0.3) is 0 Å². The van der Waals surface area contributed by atoms with E-state index in [4.69, 9.17) is 9.84 Å². The van der Waals surface area contributed by atoms with E-state index >= 15 is 0 Å². The van der Waals surface area contributed by atoms with E-state index in [1.807, 2.05) is 0 Å². The number of benzene rings is 1. The van der Waals surface area contributed by atoms with Gasteiger partial charge in [-0.15, -0.1) is 0 Å². The van der Waals surface area contributed by atoms with Crippen LogP contribution < -0.4 is 4.74 Å². The van der Waals surface area contributed by atoms with Gasteiger partial charge in [-0.25, -0.2) is 9.18 Å². The summed E-state index contributed by atoms with van der Waals surface area (Å²) in [5.74, 6) is -1.39. The van der Waals surface area contributed by atoms with Gasteiger partial charge in [-0.1, -0.05) is 0 Å². The molecule has 0 aromatic heterocycles. The standard InChI is InChI=1S/C10H9FO4/c11-5-1-2-8-6(3-5)7(12)4-9(15-8)10(13)14/h1-3,7,9,12H,4H2,(H,13,14)/t7-,9-/m1/s1. The Balaban J connectivity index is 2.36. The van der Waals surface area contributed by atoms with Crippen molar-refractivity contribution in [1.82, 2.24) is 0 Å². The number of carboxylic acids is 1. The first-order chi connectivity index (χ1) is 7.08. The zero-order valence-corrected chi connectivity index (χ0v) is 7.68. The first-order valence-corrected chi connectivity index (χ1v) is 4.45.